The van der Waals surface area contributed by atoms with E-state index in [0.717, 1.165) is 37.9 Å². The van der Waals surface area contributed by atoms with Gasteiger partial charge in [0.1, 0.15) is 0 Å². The maximum absolute atomic E-state index is 5.70. The molecular weight excluding hydrogens is 224 g/mol. The van der Waals surface area contributed by atoms with Gasteiger partial charge in [0.05, 0.1) is 6.61 Å². The highest BCUT2D eigenvalue weighted by atomic mass is 16.5. The third-order valence-electron chi connectivity index (χ3n) is 5.29. The molecule has 0 saturated carbocycles. The van der Waals surface area contributed by atoms with Crippen LogP contribution in [0.15, 0.2) is 0 Å². The van der Waals surface area contributed by atoms with Crippen LogP contribution in [0, 0.1) is 0 Å². The van der Waals surface area contributed by atoms with Gasteiger partial charge in [-0.05, 0) is 45.6 Å². The van der Waals surface area contributed by atoms with Gasteiger partial charge in [-0.1, -0.05) is 13.3 Å². The predicted molar refractivity (Wildman–Crippen MR) is 73.8 cm³/mol. The zero-order valence-electron chi connectivity index (χ0n) is 12.0. The molecular formula is C15H28N2O. The highest BCUT2D eigenvalue weighted by Crippen LogP contribution is 2.41. The molecule has 3 nitrogen and oxygen atoms in total. The molecule has 0 aromatic heterocycles. The van der Waals surface area contributed by atoms with Gasteiger partial charge in [-0.15, -0.1) is 0 Å². The molecule has 0 aromatic carbocycles. The molecule has 0 aromatic rings. The van der Waals surface area contributed by atoms with Gasteiger partial charge in [-0.25, -0.2) is 0 Å². The van der Waals surface area contributed by atoms with Crippen LogP contribution in [-0.4, -0.2) is 48.3 Å². The van der Waals surface area contributed by atoms with Gasteiger partial charge in [-0.2, -0.15) is 0 Å². The zero-order valence-corrected chi connectivity index (χ0v) is 12.0. The Morgan fingerprint density at radius 2 is 2.00 bits per heavy atom. The first-order valence-corrected chi connectivity index (χ1v) is 7.82. The van der Waals surface area contributed by atoms with E-state index >= 15 is 0 Å². The van der Waals surface area contributed by atoms with E-state index in [9.17, 15) is 0 Å². The second-order valence-corrected chi connectivity index (χ2v) is 6.67. The summed E-state index contributed by atoms with van der Waals surface area (Å²) in [7, 11) is 0. The molecule has 3 unspecified atom stereocenters. The standard InChI is InChI=1S/C15H28N2O/c1-3-16-12-9-13-5-4-6-14(10-12)17(13)15(2)7-8-18-11-15/h12-14,16H,3-11H2,1-2H3. The van der Waals surface area contributed by atoms with Crippen molar-refractivity contribution in [2.45, 2.75) is 76.0 Å². The highest BCUT2D eigenvalue weighted by Gasteiger charge is 2.48. The van der Waals surface area contributed by atoms with E-state index in [1.807, 2.05) is 0 Å². The van der Waals surface area contributed by atoms with Gasteiger partial charge in [0.2, 0.25) is 0 Å². The summed E-state index contributed by atoms with van der Waals surface area (Å²) in [6.45, 7) is 7.69. The number of hydrogen-bond acceptors (Lipinski definition) is 3. The fourth-order valence-electron chi connectivity index (χ4n) is 4.58. The van der Waals surface area contributed by atoms with Crippen molar-refractivity contribution in [3.05, 3.63) is 0 Å². The maximum atomic E-state index is 5.70. The van der Waals surface area contributed by atoms with E-state index in [0.29, 0.717) is 5.54 Å². The second kappa shape index (κ2) is 5.10. The molecule has 3 rings (SSSR count). The predicted octanol–water partition coefficient (Wildman–Crippen LogP) is 2.16. The Labute approximate surface area is 111 Å². The number of ether oxygens (including phenoxy) is 1. The first-order chi connectivity index (χ1) is 8.73. The lowest BCUT2D eigenvalue weighted by Gasteiger charge is -2.55. The Bertz CT molecular complexity index is 274. The fraction of sp³-hybridized carbons (Fsp3) is 1.00. The summed E-state index contributed by atoms with van der Waals surface area (Å²) in [4.78, 5) is 2.86. The van der Waals surface area contributed by atoms with Crippen molar-refractivity contribution in [1.29, 1.82) is 0 Å². The van der Waals surface area contributed by atoms with E-state index in [4.69, 9.17) is 4.74 Å². The van der Waals surface area contributed by atoms with E-state index in [1.165, 1.54) is 38.5 Å². The van der Waals surface area contributed by atoms with Gasteiger partial charge in [0.25, 0.3) is 0 Å². The molecule has 18 heavy (non-hydrogen) atoms. The van der Waals surface area contributed by atoms with Crippen LogP contribution in [-0.2, 0) is 4.74 Å². The molecule has 104 valence electrons. The van der Waals surface area contributed by atoms with Crippen LogP contribution in [0.4, 0.5) is 0 Å². The minimum Gasteiger partial charge on any atom is -0.379 e. The number of fused-ring (bicyclic) bond motifs is 2. The third-order valence-corrected chi connectivity index (χ3v) is 5.29. The summed E-state index contributed by atoms with van der Waals surface area (Å²) in [5.74, 6) is 0. The van der Waals surface area contributed by atoms with Gasteiger partial charge in [-0.3, -0.25) is 4.90 Å². The average molecular weight is 252 g/mol. The lowest BCUT2D eigenvalue weighted by molar-refractivity contribution is -0.0576. The van der Waals surface area contributed by atoms with Crippen molar-refractivity contribution < 1.29 is 4.74 Å². The minimum atomic E-state index is 0.326. The topological polar surface area (TPSA) is 24.5 Å². The summed E-state index contributed by atoms with van der Waals surface area (Å²) in [5, 5.41) is 3.68. The normalized spacial score (nSPS) is 45.3. The van der Waals surface area contributed by atoms with Crippen molar-refractivity contribution in [3.63, 3.8) is 0 Å². The van der Waals surface area contributed by atoms with Gasteiger partial charge < -0.3 is 10.1 Å². The molecule has 0 amide bonds. The zero-order chi connectivity index (χ0) is 12.6. The summed E-state index contributed by atoms with van der Waals surface area (Å²) in [5.41, 5.74) is 0.326. The lowest BCUT2D eigenvalue weighted by Crippen LogP contribution is -2.64. The Morgan fingerprint density at radius 3 is 2.56 bits per heavy atom. The molecule has 3 aliphatic heterocycles. The lowest BCUT2D eigenvalue weighted by atomic mass is 9.77. The molecule has 3 heterocycles. The van der Waals surface area contributed by atoms with Crippen LogP contribution >= 0.6 is 0 Å². The van der Waals surface area contributed by atoms with Crippen LogP contribution < -0.4 is 5.32 Å². The number of rotatable bonds is 3. The Balaban J connectivity index is 1.75. The highest BCUT2D eigenvalue weighted by molar-refractivity contribution is 5.03. The van der Waals surface area contributed by atoms with Crippen LogP contribution in [0.5, 0.6) is 0 Å². The third kappa shape index (κ3) is 2.21. The monoisotopic (exact) mass is 252 g/mol. The average Bonchev–Trinajstić information content (AvgIpc) is 2.76. The molecule has 3 heteroatoms. The molecule has 3 saturated heterocycles. The number of piperidine rings is 2. The largest absolute Gasteiger partial charge is 0.379 e. The SMILES string of the molecule is CCNC1CC2CCCC(C1)N2C1(C)CCOC1. The van der Waals surface area contributed by atoms with Gasteiger partial charge in [0.15, 0.2) is 0 Å². The van der Waals surface area contributed by atoms with E-state index < -0.39 is 0 Å². The summed E-state index contributed by atoms with van der Waals surface area (Å²) in [6.07, 6.45) is 8.15. The quantitative estimate of drug-likeness (QED) is 0.833. The van der Waals surface area contributed by atoms with Crippen molar-refractivity contribution in [2.75, 3.05) is 19.8 Å². The molecule has 3 atom stereocenters. The smallest absolute Gasteiger partial charge is 0.0648 e. The molecule has 3 fully saturated rings. The van der Waals surface area contributed by atoms with Gasteiger partial charge in [0, 0.05) is 30.3 Å². The van der Waals surface area contributed by atoms with Gasteiger partial charge >= 0.3 is 0 Å². The Hall–Kier alpha value is -0.120. The van der Waals surface area contributed by atoms with Crippen LogP contribution in [0.1, 0.15) is 52.4 Å². The second-order valence-electron chi connectivity index (χ2n) is 6.67. The van der Waals surface area contributed by atoms with Crippen LogP contribution in [0.2, 0.25) is 0 Å². The molecule has 0 spiro atoms. The number of hydrogen-bond donors (Lipinski definition) is 1. The minimum absolute atomic E-state index is 0.326. The first kappa shape index (κ1) is 12.9. The molecule has 2 bridgehead atoms. The summed E-state index contributed by atoms with van der Waals surface area (Å²) >= 11 is 0. The summed E-state index contributed by atoms with van der Waals surface area (Å²) in [6, 6.07) is 2.36. The molecule has 1 N–H and O–H groups in total. The van der Waals surface area contributed by atoms with Crippen LogP contribution in [0.25, 0.3) is 0 Å². The van der Waals surface area contributed by atoms with Crippen molar-refractivity contribution in [1.82, 2.24) is 10.2 Å². The van der Waals surface area contributed by atoms with E-state index in [1.54, 1.807) is 0 Å². The van der Waals surface area contributed by atoms with E-state index in [-0.39, 0.29) is 0 Å². The van der Waals surface area contributed by atoms with E-state index in [2.05, 4.69) is 24.1 Å². The molecule has 3 aliphatic rings. The van der Waals surface area contributed by atoms with Crippen molar-refractivity contribution in [3.8, 4) is 0 Å². The Kier molecular flexibility index (Phi) is 3.65. The fourth-order valence-corrected chi connectivity index (χ4v) is 4.58. The first-order valence-electron chi connectivity index (χ1n) is 7.82. The number of nitrogens with one attached hydrogen (secondary N) is 1. The van der Waals surface area contributed by atoms with Crippen molar-refractivity contribution >= 4 is 0 Å². The maximum Gasteiger partial charge on any atom is 0.0648 e. The van der Waals surface area contributed by atoms with Crippen LogP contribution in [0.3, 0.4) is 0 Å². The molecule has 0 radical (unpaired) electrons. The number of nitrogens with zero attached hydrogens (tertiary/aromatic N) is 1. The Morgan fingerprint density at radius 1 is 1.28 bits per heavy atom. The summed E-state index contributed by atoms with van der Waals surface area (Å²) < 4.78 is 5.70. The van der Waals surface area contributed by atoms with Crippen molar-refractivity contribution in [2.24, 2.45) is 0 Å². The molecule has 0 aliphatic carbocycles.